The number of thioether (sulfide) groups is 1. The molecule has 1 unspecified atom stereocenters. The Bertz CT molecular complexity index is 425. The molecular formula is C13H18N2O3S. The maximum Gasteiger partial charge on any atom is 0.323 e. The van der Waals surface area contributed by atoms with E-state index in [-0.39, 0.29) is 24.2 Å². The number of hydrogen-bond donors (Lipinski definition) is 1. The number of carbonyl (C=O) groups excluding carboxylic acids is 1. The monoisotopic (exact) mass is 282 g/mol. The van der Waals surface area contributed by atoms with E-state index in [1.165, 1.54) is 16.7 Å². The minimum atomic E-state index is -0.984. The zero-order chi connectivity index (χ0) is 14.3. The third-order valence-electron chi connectivity index (χ3n) is 2.76. The van der Waals surface area contributed by atoms with E-state index in [2.05, 4.69) is 4.98 Å². The van der Waals surface area contributed by atoms with Gasteiger partial charge in [-0.15, -0.1) is 11.8 Å². The van der Waals surface area contributed by atoms with Crippen LogP contribution >= 0.6 is 11.8 Å². The van der Waals surface area contributed by atoms with E-state index >= 15 is 0 Å². The summed E-state index contributed by atoms with van der Waals surface area (Å²) < 4.78 is 0. The van der Waals surface area contributed by atoms with Crippen molar-refractivity contribution in [3.8, 4) is 0 Å². The van der Waals surface area contributed by atoms with Crippen molar-refractivity contribution in [1.29, 1.82) is 0 Å². The molecule has 0 aliphatic rings. The Morgan fingerprint density at radius 3 is 2.58 bits per heavy atom. The highest BCUT2D eigenvalue weighted by atomic mass is 32.2. The smallest absolute Gasteiger partial charge is 0.323 e. The Morgan fingerprint density at radius 2 is 2.05 bits per heavy atom. The van der Waals surface area contributed by atoms with E-state index in [0.717, 1.165) is 11.3 Å². The molecule has 1 amide bonds. The summed E-state index contributed by atoms with van der Waals surface area (Å²) in [5.74, 6) is -0.900. The van der Waals surface area contributed by atoms with E-state index < -0.39 is 5.97 Å². The molecule has 104 valence electrons. The standard InChI is InChI=1S/C13H18N2O3S/c1-3-10(2)15(8-13(17)18)12(16)9-19-11-4-6-14-7-5-11/h4-7,10H,3,8-9H2,1-2H3,(H,17,18). The van der Waals surface area contributed by atoms with Gasteiger partial charge in [-0.3, -0.25) is 14.6 Å². The fourth-order valence-electron chi connectivity index (χ4n) is 1.52. The Balaban J connectivity index is 2.59. The Labute approximate surface area is 117 Å². The molecule has 1 aromatic rings. The zero-order valence-electron chi connectivity index (χ0n) is 11.1. The molecule has 1 N–H and O–H groups in total. The number of rotatable bonds is 7. The van der Waals surface area contributed by atoms with Gasteiger partial charge in [0, 0.05) is 23.3 Å². The lowest BCUT2D eigenvalue weighted by Gasteiger charge is -2.26. The summed E-state index contributed by atoms with van der Waals surface area (Å²) in [6, 6.07) is 3.58. The number of carbonyl (C=O) groups is 2. The van der Waals surface area contributed by atoms with Crippen LogP contribution in [0.5, 0.6) is 0 Å². The predicted octanol–water partition coefficient (Wildman–Crippen LogP) is 1.89. The van der Waals surface area contributed by atoms with Crippen LogP contribution in [-0.4, -0.2) is 45.2 Å². The summed E-state index contributed by atoms with van der Waals surface area (Å²) in [6.45, 7) is 3.55. The molecular weight excluding hydrogens is 264 g/mol. The molecule has 0 radical (unpaired) electrons. The fraction of sp³-hybridized carbons (Fsp3) is 0.462. The minimum absolute atomic E-state index is 0.0679. The lowest BCUT2D eigenvalue weighted by atomic mass is 10.2. The molecule has 0 spiro atoms. The summed E-state index contributed by atoms with van der Waals surface area (Å²) in [5, 5.41) is 8.85. The lowest BCUT2D eigenvalue weighted by Crippen LogP contribution is -2.42. The molecule has 5 nitrogen and oxygen atoms in total. The summed E-state index contributed by atoms with van der Waals surface area (Å²) in [5.41, 5.74) is 0. The number of carboxylic acid groups (broad SMARTS) is 1. The second-order valence-corrected chi connectivity index (χ2v) is 5.19. The van der Waals surface area contributed by atoms with E-state index in [0.29, 0.717) is 0 Å². The van der Waals surface area contributed by atoms with Crippen LogP contribution in [0.25, 0.3) is 0 Å². The predicted molar refractivity (Wildman–Crippen MR) is 74.1 cm³/mol. The van der Waals surface area contributed by atoms with Crippen LogP contribution in [0.4, 0.5) is 0 Å². The third kappa shape index (κ3) is 5.30. The Morgan fingerprint density at radius 1 is 1.42 bits per heavy atom. The van der Waals surface area contributed by atoms with Crippen molar-refractivity contribution in [2.24, 2.45) is 0 Å². The number of nitrogens with zero attached hydrogens (tertiary/aromatic N) is 2. The van der Waals surface area contributed by atoms with Crippen molar-refractivity contribution in [3.63, 3.8) is 0 Å². The average Bonchev–Trinajstić information content (AvgIpc) is 2.42. The molecule has 0 saturated heterocycles. The molecule has 0 bridgehead atoms. The number of carboxylic acids is 1. The van der Waals surface area contributed by atoms with Crippen LogP contribution in [0.15, 0.2) is 29.4 Å². The SMILES string of the molecule is CCC(C)N(CC(=O)O)C(=O)CSc1ccncc1. The highest BCUT2D eigenvalue weighted by molar-refractivity contribution is 8.00. The number of amides is 1. The van der Waals surface area contributed by atoms with E-state index in [9.17, 15) is 9.59 Å². The van der Waals surface area contributed by atoms with Crippen molar-refractivity contribution in [2.45, 2.75) is 31.2 Å². The second-order valence-electron chi connectivity index (χ2n) is 4.14. The third-order valence-corrected chi connectivity index (χ3v) is 3.76. The van der Waals surface area contributed by atoms with Crippen LogP contribution < -0.4 is 0 Å². The first kappa shape index (κ1) is 15.5. The molecule has 1 aromatic heterocycles. The molecule has 1 rings (SSSR count). The van der Waals surface area contributed by atoms with Gasteiger partial charge >= 0.3 is 5.97 Å². The van der Waals surface area contributed by atoms with Crippen LogP contribution in [0.1, 0.15) is 20.3 Å². The topological polar surface area (TPSA) is 70.5 Å². The maximum absolute atomic E-state index is 12.1. The largest absolute Gasteiger partial charge is 0.480 e. The van der Waals surface area contributed by atoms with E-state index in [4.69, 9.17) is 5.11 Å². The van der Waals surface area contributed by atoms with Crippen LogP contribution in [0, 0.1) is 0 Å². The number of aromatic nitrogens is 1. The molecule has 0 aliphatic carbocycles. The van der Waals surface area contributed by atoms with Crippen molar-refractivity contribution >= 4 is 23.6 Å². The highest BCUT2D eigenvalue weighted by Gasteiger charge is 2.21. The summed E-state index contributed by atoms with van der Waals surface area (Å²) in [7, 11) is 0. The van der Waals surface area contributed by atoms with E-state index in [1.807, 2.05) is 26.0 Å². The average molecular weight is 282 g/mol. The molecule has 0 aromatic carbocycles. The van der Waals surface area contributed by atoms with Crippen molar-refractivity contribution in [1.82, 2.24) is 9.88 Å². The summed E-state index contributed by atoms with van der Waals surface area (Å²) >= 11 is 1.39. The fourth-order valence-corrected chi connectivity index (χ4v) is 2.29. The Kier molecular flexibility index (Phi) is 6.35. The lowest BCUT2D eigenvalue weighted by molar-refractivity contribution is -0.144. The highest BCUT2D eigenvalue weighted by Crippen LogP contribution is 2.17. The van der Waals surface area contributed by atoms with Gasteiger partial charge in [0.2, 0.25) is 5.91 Å². The van der Waals surface area contributed by atoms with Gasteiger partial charge in [-0.25, -0.2) is 0 Å². The molecule has 19 heavy (non-hydrogen) atoms. The first-order chi connectivity index (χ1) is 9.04. The van der Waals surface area contributed by atoms with Crippen LogP contribution in [0.3, 0.4) is 0 Å². The van der Waals surface area contributed by atoms with Crippen molar-refractivity contribution in [2.75, 3.05) is 12.3 Å². The van der Waals surface area contributed by atoms with Gasteiger partial charge in [-0.05, 0) is 25.5 Å². The van der Waals surface area contributed by atoms with Gasteiger partial charge in [0.25, 0.3) is 0 Å². The van der Waals surface area contributed by atoms with Gasteiger partial charge in [0.05, 0.1) is 5.75 Å². The first-order valence-corrected chi connectivity index (χ1v) is 7.07. The molecule has 6 heteroatoms. The van der Waals surface area contributed by atoms with Gasteiger partial charge in [-0.2, -0.15) is 0 Å². The number of hydrogen-bond acceptors (Lipinski definition) is 4. The van der Waals surface area contributed by atoms with Crippen LogP contribution in [0.2, 0.25) is 0 Å². The summed E-state index contributed by atoms with van der Waals surface area (Å²) in [6.07, 6.45) is 4.06. The maximum atomic E-state index is 12.1. The quantitative estimate of drug-likeness (QED) is 0.773. The normalized spacial score (nSPS) is 11.9. The Hall–Kier alpha value is -1.56. The number of pyridine rings is 1. The molecule has 0 saturated carbocycles. The number of aliphatic carboxylic acids is 1. The second kappa shape index (κ2) is 7.78. The van der Waals surface area contributed by atoms with Crippen molar-refractivity contribution < 1.29 is 14.7 Å². The first-order valence-electron chi connectivity index (χ1n) is 6.08. The van der Waals surface area contributed by atoms with E-state index in [1.54, 1.807) is 12.4 Å². The molecule has 1 heterocycles. The molecule has 0 aliphatic heterocycles. The van der Waals surface area contributed by atoms with Gasteiger partial charge < -0.3 is 10.0 Å². The molecule has 1 atom stereocenters. The van der Waals surface area contributed by atoms with Gasteiger partial charge in [0.15, 0.2) is 0 Å². The molecule has 0 fully saturated rings. The van der Waals surface area contributed by atoms with Gasteiger partial charge in [0.1, 0.15) is 6.54 Å². The summed E-state index contributed by atoms with van der Waals surface area (Å²) in [4.78, 5) is 29.1. The van der Waals surface area contributed by atoms with Gasteiger partial charge in [-0.1, -0.05) is 6.92 Å². The minimum Gasteiger partial charge on any atom is -0.480 e. The van der Waals surface area contributed by atoms with Crippen LogP contribution in [-0.2, 0) is 9.59 Å². The van der Waals surface area contributed by atoms with Crippen molar-refractivity contribution in [3.05, 3.63) is 24.5 Å². The zero-order valence-corrected chi connectivity index (χ0v) is 11.9.